The maximum Gasteiger partial charge on any atom is 0.146 e. The van der Waals surface area contributed by atoms with Gasteiger partial charge in [-0.15, -0.1) is 10.2 Å². The Labute approximate surface area is 113 Å². The lowest BCUT2D eigenvalue weighted by molar-refractivity contribution is 0.447. The predicted octanol–water partition coefficient (Wildman–Crippen LogP) is 1.77. The number of aryl methyl sites for hydroxylation is 2. The van der Waals surface area contributed by atoms with Crippen LogP contribution in [0, 0.1) is 6.92 Å². The molecule has 0 spiro atoms. The molecule has 1 aliphatic rings. The number of aromatic nitrogens is 3. The minimum absolute atomic E-state index is 0.548. The number of hydrogen-bond donors (Lipinski definition) is 1. The first-order valence-corrected chi connectivity index (χ1v) is 6.89. The molecule has 1 N–H and O–H groups in total. The second-order valence-corrected chi connectivity index (χ2v) is 5.31. The van der Waals surface area contributed by atoms with Gasteiger partial charge in [0.1, 0.15) is 11.6 Å². The number of rotatable bonds is 3. The van der Waals surface area contributed by atoms with E-state index in [4.69, 9.17) is 0 Å². The molecule has 1 heterocycles. The zero-order valence-electron chi connectivity index (χ0n) is 11.6. The van der Waals surface area contributed by atoms with E-state index < -0.39 is 0 Å². The second kappa shape index (κ2) is 5.13. The Hall–Kier alpha value is -1.68. The number of fused-ring (bicyclic) bond motifs is 1. The molecule has 1 aliphatic carbocycles. The van der Waals surface area contributed by atoms with Crippen molar-refractivity contribution in [3.8, 4) is 0 Å². The van der Waals surface area contributed by atoms with E-state index >= 15 is 0 Å². The molecule has 0 saturated heterocycles. The van der Waals surface area contributed by atoms with Gasteiger partial charge < -0.3 is 9.88 Å². The molecular weight excluding hydrogens is 236 g/mol. The minimum atomic E-state index is 0.548. The van der Waals surface area contributed by atoms with Crippen molar-refractivity contribution in [1.82, 2.24) is 20.1 Å². The van der Waals surface area contributed by atoms with Crippen molar-refractivity contribution in [2.45, 2.75) is 38.8 Å². The molecule has 0 bridgehead atoms. The molecule has 1 atom stereocenters. The first kappa shape index (κ1) is 12.4. The van der Waals surface area contributed by atoms with E-state index in [0.29, 0.717) is 6.04 Å². The molecule has 0 saturated carbocycles. The number of hydrogen-bond acceptors (Lipinski definition) is 3. The Morgan fingerprint density at radius 3 is 2.79 bits per heavy atom. The third-order valence-electron chi connectivity index (χ3n) is 4.08. The van der Waals surface area contributed by atoms with Crippen molar-refractivity contribution < 1.29 is 0 Å². The lowest BCUT2D eigenvalue weighted by Gasteiger charge is -2.25. The monoisotopic (exact) mass is 256 g/mol. The highest BCUT2D eigenvalue weighted by Crippen LogP contribution is 2.21. The Kier molecular flexibility index (Phi) is 3.34. The molecule has 19 heavy (non-hydrogen) atoms. The van der Waals surface area contributed by atoms with Crippen LogP contribution in [0.3, 0.4) is 0 Å². The summed E-state index contributed by atoms with van der Waals surface area (Å²) in [6, 6.07) is 9.31. The summed E-state index contributed by atoms with van der Waals surface area (Å²) in [7, 11) is 2.02. The van der Waals surface area contributed by atoms with Crippen LogP contribution in [0.4, 0.5) is 0 Å². The van der Waals surface area contributed by atoms with Crippen LogP contribution in [0.25, 0.3) is 0 Å². The van der Waals surface area contributed by atoms with Crippen molar-refractivity contribution in [1.29, 1.82) is 0 Å². The maximum atomic E-state index is 4.19. The highest BCUT2D eigenvalue weighted by molar-refractivity contribution is 5.30. The summed E-state index contributed by atoms with van der Waals surface area (Å²) in [5.74, 6) is 1.97. The SMILES string of the molecule is Cc1nnc(CNC2CCc3ccccc3C2)n1C. The van der Waals surface area contributed by atoms with Crippen LogP contribution >= 0.6 is 0 Å². The van der Waals surface area contributed by atoms with Crippen molar-refractivity contribution in [3.63, 3.8) is 0 Å². The molecule has 0 amide bonds. The minimum Gasteiger partial charge on any atom is -0.317 e. The van der Waals surface area contributed by atoms with Crippen LogP contribution in [-0.2, 0) is 26.4 Å². The Morgan fingerprint density at radius 1 is 1.26 bits per heavy atom. The molecule has 1 aromatic heterocycles. The molecule has 4 heteroatoms. The summed E-state index contributed by atoms with van der Waals surface area (Å²) >= 11 is 0. The quantitative estimate of drug-likeness (QED) is 0.910. The first-order chi connectivity index (χ1) is 9.24. The van der Waals surface area contributed by atoms with E-state index in [1.54, 1.807) is 0 Å². The van der Waals surface area contributed by atoms with Gasteiger partial charge in [-0.05, 0) is 37.3 Å². The van der Waals surface area contributed by atoms with Crippen molar-refractivity contribution in [2.24, 2.45) is 7.05 Å². The van der Waals surface area contributed by atoms with Gasteiger partial charge in [0.05, 0.1) is 6.54 Å². The van der Waals surface area contributed by atoms with Gasteiger partial charge in [-0.3, -0.25) is 0 Å². The van der Waals surface area contributed by atoms with Crippen molar-refractivity contribution >= 4 is 0 Å². The molecule has 0 radical (unpaired) electrons. The number of nitrogens with one attached hydrogen (secondary N) is 1. The normalized spacial score (nSPS) is 18.3. The highest BCUT2D eigenvalue weighted by Gasteiger charge is 2.18. The van der Waals surface area contributed by atoms with Crippen LogP contribution in [0.15, 0.2) is 24.3 Å². The van der Waals surface area contributed by atoms with Crippen molar-refractivity contribution in [3.05, 3.63) is 47.0 Å². The topological polar surface area (TPSA) is 42.7 Å². The fraction of sp³-hybridized carbons (Fsp3) is 0.467. The van der Waals surface area contributed by atoms with E-state index in [-0.39, 0.29) is 0 Å². The third kappa shape index (κ3) is 2.54. The average Bonchev–Trinajstić information content (AvgIpc) is 2.76. The Balaban J connectivity index is 1.62. The van der Waals surface area contributed by atoms with Gasteiger partial charge in [0.15, 0.2) is 0 Å². The lowest BCUT2D eigenvalue weighted by Crippen LogP contribution is -2.34. The molecule has 3 rings (SSSR count). The van der Waals surface area contributed by atoms with Gasteiger partial charge in [-0.2, -0.15) is 0 Å². The summed E-state index contributed by atoms with van der Waals surface area (Å²) in [5.41, 5.74) is 3.00. The van der Waals surface area contributed by atoms with Gasteiger partial charge in [-0.25, -0.2) is 0 Å². The van der Waals surface area contributed by atoms with E-state index in [1.807, 2.05) is 18.5 Å². The molecule has 1 unspecified atom stereocenters. The van der Waals surface area contributed by atoms with E-state index in [2.05, 4.69) is 39.8 Å². The lowest BCUT2D eigenvalue weighted by atomic mass is 9.88. The first-order valence-electron chi connectivity index (χ1n) is 6.89. The van der Waals surface area contributed by atoms with Crippen LogP contribution in [0.1, 0.15) is 29.2 Å². The van der Waals surface area contributed by atoms with Gasteiger partial charge >= 0.3 is 0 Å². The fourth-order valence-corrected chi connectivity index (χ4v) is 2.71. The Morgan fingerprint density at radius 2 is 2.05 bits per heavy atom. The molecule has 2 aromatic rings. The van der Waals surface area contributed by atoms with E-state index in [9.17, 15) is 0 Å². The third-order valence-corrected chi connectivity index (χ3v) is 4.08. The Bertz CT molecular complexity index is 573. The van der Waals surface area contributed by atoms with Gasteiger partial charge in [0.2, 0.25) is 0 Å². The second-order valence-electron chi connectivity index (χ2n) is 5.31. The van der Waals surface area contributed by atoms with E-state index in [0.717, 1.165) is 24.6 Å². The average molecular weight is 256 g/mol. The highest BCUT2D eigenvalue weighted by atomic mass is 15.3. The van der Waals surface area contributed by atoms with Gasteiger partial charge in [-0.1, -0.05) is 24.3 Å². The molecule has 4 nitrogen and oxygen atoms in total. The van der Waals surface area contributed by atoms with Crippen LogP contribution in [0.5, 0.6) is 0 Å². The molecular formula is C15H20N4. The fourth-order valence-electron chi connectivity index (χ4n) is 2.71. The zero-order chi connectivity index (χ0) is 13.2. The molecule has 0 fully saturated rings. The molecule has 100 valence electrons. The van der Waals surface area contributed by atoms with E-state index in [1.165, 1.54) is 24.0 Å². The van der Waals surface area contributed by atoms with Crippen molar-refractivity contribution in [2.75, 3.05) is 0 Å². The van der Waals surface area contributed by atoms with Crippen LogP contribution < -0.4 is 5.32 Å². The van der Waals surface area contributed by atoms with Crippen LogP contribution in [-0.4, -0.2) is 20.8 Å². The van der Waals surface area contributed by atoms with Gasteiger partial charge in [0, 0.05) is 13.1 Å². The number of benzene rings is 1. The zero-order valence-corrected chi connectivity index (χ0v) is 11.6. The maximum absolute atomic E-state index is 4.19. The smallest absolute Gasteiger partial charge is 0.146 e. The number of nitrogens with zero attached hydrogens (tertiary/aromatic N) is 3. The molecule has 0 aliphatic heterocycles. The summed E-state index contributed by atoms with van der Waals surface area (Å²) in [6.07, 6.45) is 3.49. The summed E-state index contributed by atoms with van der Waals surface area (Å²) in [4.78, 5) is 0. The summed E-state index contributed by atoms with van der Waals surface area (Å²) in [6.45, 7) is 2.78. The largest absolute Gasteiger partial charge is 0.317 e. The summed E-state index contributed by atoms with van der Waals surface area (Å²) in [5, 5.41) is 11.9. The predicted molar refractivity (Wildman–Crippen MR) is 74.8 cm³/mol. The van der Waals surface area contributed by atoms with Gasteiger partial charge in [0.25, 0.3) is 0 Å². The standard InChI is InChI=1S/C15H20N4/c1-11-17-18-15(19(11)2)10-16-14-8-7-12-5-3-4-6-13(12)9-14/h3-6,14,16H,7-10H2,1-2H3. The summed E-state index contributed by atoms with van der Waals surface area (Å²) < 4.78 is 2.05. The van der Waals surface area contributed by atoms with Crippen LogP contribution in [0.2, 0.25) is 0 Å². The molecule has 1 aromatic carbocycles.